The molecular formula is C26H20N4O2S. The highest BCUT2D eigenvalue weighted by molar-refractivity contribution is 8.15. The van der Waals surface area contributed by atoms with Crippen LogP contribution in [0.1, 0.15) is 22.3 Å². The van der Waals surface area contributed by atoms with Gasteiger partial charge in [-0.3, -0.25) is 9.59 Å². The van der Waals surface area contributed by atoms with Crippen LogP contribution in [0.5, 0.6) is 0 Å². The van der Waals surface area contributed by atoms with Crippen molar-refractivity contribution in [1.29, 1.82) is 0 Å². The minimum absolute atomic E-state index is 0.0701. The van der Waals surface area contributed by atoms with Crippen LogP contribution >= 0.6 is 11.8 Å². The molecular weight excluding hydrogens is 432 g/mol. The molecule has 7 heteroatoms. The maximum absolute atomic E-state index is 12.5. The lowest BCUT2D eigenvalue weighted by Crippen LogP contribution is -2.26. The van der Waals surface area contributed by atoms with Gasteiger partial charge in [0.2, 0.25) is 5.91 Å². The van der Waals surface area contributed by atoms with Gasteiger partial charge >= 0.3 is 0 Å². The maximum Gasteiger partial charge on any atom is 0.240 e. The molecule has 33 heavy (non-hydrogen) atoms. The predicted molar refractivity (Wildman–Crippen MR) is 134 cm³/mol. The lowest BCUT2D eigenvalue weighted by Gasteiger charge is -2.04. The average molecular weight is 453 g/mol. The molecule has 1 atom stereocenters. The lowest BCUT2D eigenvalue weighted by molar-refractivity contribution is -0.118. The van der Waals surface area contributed by atoms with Crippen LogP contribution < -0.4 is 5.32 Å². The molecule has 0 unspecified atom stereocenters. The van der Waals surface area contributed by atoms with E-state index in [1.54, 1.807) is 18.3 Å². The molecule has 4 aromatic rings. The SMILES string of the molecule is O=C(C[C@@H]1S/C(=N\N=C\c2c(-c3ccccc3)[nH]c3ccccc23)NC1=O)c1ccccc1. The Kier molecular flexibility index (Phi) is 5.87. The Morgan fingerprint density at radius 1 is 0.939 bits per heavy atom. The number of carbonyl (C=O) groups is 2. The van der Waals surface area contributed by atoms with Crippen LogP contribution in [0.4, 0.5) is 0 Å². The number of Topliss-reactive ketones (excluding diaryl/α,β-unsaturated/α-hetero) is 1. The zero-order valence-corrected chi connectivity index (χ0v) is 18.4. The number of amidine groups is 1. The van der Waals surface area contributed by atoms with E-state index in [0.717, 1.165) is 27.7 Å². The van der Waals surface area contributed by atoms with Gasteiger partial charge in [0.05, 0.1) is 17.2 Å². The van der Waals surface area contributed by atoms with E-state index in [1.165, 1.54) is 11.8 Å². The smallest absolute Gasteiger partial charge is 0.240 e. The van der Waals surface area contributed by atoms with Crippen molar-refractivity contribution in [3.63, 3.8) is 0 Å². The molecule has 1 aliphatic heterocycles. The second-order valence-electron chi connectivity index (χ2n) is 7.56. The standard InChI is InChI=1S/C26H20N4O2S/c31-22(17-9-3-1-4-10-17)15-23-25(32)29-26(33-23)30-27-16-20-19-13-7-8-14-21(19)28-24(20)18-11-5-2-6-12-18/h1-14,16,23,28H,15H2,(H,29,30,32)/b27-16+/t23-/m0/s1. The van der Waals surface area contributed by atoms with Gasteiger partial charge in [0.15, 0.2) is 11.0 Å². The van der Waals surface area contributed by atoms with Crippen LogP contribution in [-0.2, 0) is 4.79 Å². The van der Waals surface area contributed by atoms with E-state index >= 15 is 0 Å². The minimum atomic E-state index is -0.514. The van der Waals surface area contributed by atoms with E-state index in [1.807, 2.05) is 72.8 Å². The van der Waals surface area contributed by atoms with E-state index in [-0.39, 0.29) is 18.1 Å². The molecule has 1 aliphatic rings. The number of nitrogens with one attached hydrogen (secondary N) is 2. The number of benzene rings is 3. The molecule has 6 nitrogen and oxygen atoms in total. The van der Waals surface area contributed by atoms with Crippen molar-refractivity contribution in [2.24, 2.45) is 10.2 Å². The van der Waals surface area contributed by atoms with Crippen LogP contribution in [0, 0.1) is 0 Å². The summed E-state index contributed by atoms with van der Waals surface area (Å²) in [6, 6.07) is 27.0. The number of hydrogen-bond acceptors (Lipinski definition) is 5. The lowest BCUT2D eigenvalue weighted by atomic mass is 10.1. The first-order valence-corrected chi connectivity index (χ1v) is 11.4. The normalized spacial score (nSPS) is 17.2. The van der Waals surface area contributed by atoms with Gasteiger partial charge in [0.1, 0.15) is 0 Å². The van der Waals surface area contributed by atoms with Crippen molar-refractivity contribution >= 4 is 45.7 Å². The number of ketones is 1. The van der Waals surface area contributed by atoms with Crippen molar-refractivity contribution in [3.8, 4) is 11.3 Å². The average Bonchev–Trinajstić information content (AvgIpc) is 3.40. The molecule has 1 fully saturated rings. The molecule has 1 saturated heterocycles. The molecule has 5 rings (SSSR count). The third-order valence-electron chi connectivity index (χ3n) is 5.39. The second kappa shape index (κ2) is 9.26. The molecule has 1 amide bonds. The number of amides is 1. The van der Waals surface area contributed by atoms with Crippen LogP contribution in [0.3, 0.4) is 0 Å². The third-order valence-corrected chi connectivity index (χ3v) is 6.46. The summed E-state index contributed by atoms with van der Waals surface area (Å²) >= 11 is 1.23. The van der Waals surface area contributed by atoms with Crippen LogP contribution in [-0.4, -0.2) is 33.3 Å². The summed E-state index contributed by atoms with van der Waals surface area (Å²) in [6.45, 7) is 0. The van der Waals surface area contributed by atoms with Gasteiger partial charge < -0.3 is 10.3 Å². The van der Waals surface area contributed by atoms with E-state index in [9.17, 15) is 9.59 Å². The van der Waals surface area contributed by atoms with E-state index in [0.29, 0.717) is 10.7 Å². The molecule has 2 heterocycles. The minimum Gasteiger partial charge on any atom is -0.354 e. The Morgan fingerprint density at radius 3 is 2.42 bits per heavy atom. The number of hydrogen-bond donors (Lipinski definition) is 2. The summed E-state index contributed by atoms with van der Waals surface area (Å²) in [7, 11) is 0. The molecule has 0 saturated carbocycles. The van der Waals surface area contributed by atoms with E-state index in [2.05, 4.69) is 20.5 Å². The quantitative estimate of drug-likeness (QED) is 0.244. The van der Waals surface area contributed by atoms with Crippen molar-refractivity contribution in [1.82, 2.24) is 10.3 Å². The Bertz CT molecular complexity index is 1380. The van der Waals surface area contributed by atoms with Crippen LogP contribution in [0.25, 0.3) is 22.2 Å². The molecule has 162 valence electrons. The maximum atomic E-state index is 12.5. The number of thioether (sulfide) groups is 1. The number of aromatic nitrogens is 1. The molecule has 0 spiro atoms. The largest absolute Gasteiger partial charge is 0.354 e. The predicted octanol–water partition coefficient (Wildman–Crippen LogP) is 5.03. The molecule has 0 aliphatic carbocycles. The summed E-state index contributed by atoms with van der Waals surface area (Å²) in [5, 5.41) is 12.1. The number of fused-ring (bicyclic) bond motifs is 1. The Labute approximate surface area is 194 Å². The second-order valence-corrected chi connectivity index (χ2v) is 8.76. The molecule has 1 aromatic heterocycles. The highest BCUT2D eigenvalue weighted by atomic mass is 32.2. The fourth-order valence-corrected chi connectivity index (χ4v) is 4.69. The summed E-state index contributed by atoms with van der Waals surface area (Å²) < 4.78 is 0. The topological polar surface area (TPSA) is 86.7 Å². The molecule has 0 radical (unpaired) electrons. The van der Waals surface area contributed by atoms with Crippen molar-refractivity contribution in [3.05, 3.63) is 96.1 Å². The van der Waals surface area contributed by atoms with Crippen molar-refractivity contribution in [2.75, 3.05) is 0 Å². The molecule has 2 N–H and O–H groups in total. The number of nitrogens with zero attached hydrogens (tertiary/aromatic N) is 2. The Balaban J connectivity index is 1.36. The number of rotatable bonds is 6. The van der Waals surface area contributed by atoms with Crippen molar-refractivity contribution < 1.29 is 9.59 Å². The monoisotopic (exact) mass is 452 g/mol. The highest BCUT2D eigenvalue weighted by Gasteiger charge is 2.32. The van der Waals surface area contributed by atoms with Crippen molar-refractivity contribution in [2.45, 2.75) is 11.7 Å². The third kappa shape index (κ3) is 4.49. The fraction of sp³-hybridized carbons (Fsp3) is 0.0769. The van der Waals surface area contributed by atoms with Crippen LogP contribution in [0.2, 0.25) is 0 Å². The Morgan fingerprint density at radius 2 is 1.64 bits per heavy atom. The van der Waals surface area contributed by atoms with Gasteiger partial charge in [-0.25, -0.2) is 0 Å². The number of H-pyrrole nitrogens is 1. The molecule has 3 aromatic carbocycles. The first-order chi connectivity index (χ1) is 16.2. The molecule has 0 bridgehead atoms. The van der Waals surface area contributed by atoms with Gasteiger partial charge in [0, 0.05) is 28.5 Å². The summed E-state index contributed by atoms with van der Waals surface area (Å²) in [4.78, 5) is 28.2. The zero-order valence-electron chi connectivity index (χ0n) is 17.6. The van der Waals surface area contributed by atoms with Crippen LogP contribution in [0.15, 0.2) is 95.1 Å². The Hall–Kier alpha value is -3.97. The van der Waals surface area contributed by atoms with Gasteiger partial charge in [0.25, 0.3) is 0 Å². The van der Waals surface area contributed by atoms with Gasteiger partial charge in [-0.2, -0.15) is 5.10 Å². The van der Waals surface area contributed by atoms with Gasteiger partial charge in [-0.05, 0) is 11.6 Å². The summed E-state index contributed by atoms with van der Waals surface area (Å²) in [6.07, 6.45) is 1.81. The highest BCUT2D eigenvalue weighted by Crippen LogP contribution is 2.29. The van der Waals surface area contributed by atoms with E-state index < -0.39 is 5.25 Å². The first kappa shape index (κ1) is 20.9. The van der Waals surface area contributed by atoms with Gasteiger partial charge in [-0.1, -0.05) is 90.6 Å². The number of aromatic amines is 1. The fourth-order valence-electron chi connectivity index (χ4n) is 3.77. The summed E-state index contributed by atoms with van der Waals surface area (Å²) in [5.74, 6) is -0.297. The zero-order chi connectivity index (χ0) is 22.6. The number of carbonyl (C=O) groups excluding carboxylic acids is 2. The van der Waals surface area contributed by atoms with Gasteiger partial charge in [-0.15, -0.1) is 5.10 Å². The number of para-hydroxylation sites is 1. The van der Waals surface area contributed by atoms with E-state index in [4.69, 9.17) is 0 Å². The summed E-state index contributed by atoms with van der Waals surface area (Å²) in [5.41, 5.74) is 4.53. The first-order valence-electron chi connectivity index (χ1n) is 10.5.